The van der Waals surface area contributed by atoms with Gasteiger partial charge >= 0.3 is 0 Å². The molecule has 1 atom stereocenters. The first-order valence-electron chi connectivity index (χ1n) is 4.58. The minimum atomic E-state index is 0.261. The Bertz CT molecular complexity index is 97.0. The van der Waals surface area contributed by atoms with Crippen molar-refractivity contribution in [2.45, 2.75) is 51.3 Å². The first-order valence-corrected chi connectivity index (χ1v) is 5.01. The van der Waals surface area contributed by atoms with E-state index in [2.05, 4.69) is 13.0 Å². The maximum atomic E-state index is 5.97. The minimum Gasteiger partial charge on any atom is -0.118 e. The molecule has 0 aliphatic rings. The Kier molecular flexibility index (Phi) is 8.15. The lowest BCUT2D eigenvalue weighted by molar-refractivity contribution is 0.640. The molecule has 0 aliphatic heterocycles. The van der Waals surface area contributed by atoms with E-state index in [0.717, 1.165) is 6.42 Å². The number of unbranched alkanes of at least 4 members (excludes halogenated alkanes) is 3. The van der Waals surface area contributed by atoms with E-state index >= 15 is 0 Å². The third-order valence-electron chi connectivity index (χ3n) is 1.73. The van der Waals surface area contributed by atoms with Crippen LogP contribution in [0.4, 0.5) is 0 Å². The van der Waals surface area contributed by atoms with Gasteiger partial charge in [-0.05, 0) is 13.3 Å². The number of alkyl halides is 1. The molecule has 0 saturated heterocycles. The highest BCUT2D eigenvalue weighted by molar-refractivity contribution is 6.21. The zero-order valence-corrected chi connectivity index (χ0v) is 8.40. The largest absolute Gasteiger partial charge is 0.118 e. The summed E-state index contributed by atoms with van der Waals surface area (Å²) in [7, 11) is 0. The lowest BCUT2D eigenvalue weighted by Gasteiger charge is -2.02. The van der Waals surface area contributed by atoms with Crippen LogP contribution in [0.3, 0.4) is 0 Å². The number of halogens is 1. The van der Waals surface area contributed by atoms with Crippen LogP contribution in [0.15, 0.2) is 12.2 Å². The number of rotatable bonds is 6. The van der Waals surface area contributed by atoms with E-state index in [1.54, 1.807) is 0 Å². The quantitative estimate of drug-likeness (QED) is 0.323. The summed E-state index contributed by atoms with van der Waals surface area (Å²) >= 11 is 5.97. The van der Waals surface area contributed by atoms with E-state index in [1.807, 2.05) is 13.0 Å². The van der Waals surface area contributed by atoms with E-state index < -0.39 is 0 Å². The van der Waals surface area contributed by atoms with Crippen LogP contribution in [-0.2, 0) is 0 Å². The van der Waals surface area contributed by atoms with Gasteiger partial charge in [0.25, 0.3) is 0 Å². The van der Waals surface area contributed by atoms with E-state index in [1.165, 1.54) is 25.7 Å². The van der Waals surface area contributed by atoms with Crippen molar-refractivity contribution in [2.75, 3.05) is 0 Å². The molecule has 0 bridgehead atoms. The smallest absolute Gasteiger partial charge is 0.0515 e. The van der Waals surface area contributed by atoms with E-state index in [0.29, 0.717) is 0 Å². The molecule has 0 aromatic rings. The SMILES string of the molecule is C/C=C/C(Cl)CCCCCC. The van der Waals surface area contributed by atoms with E-state index in [9.17, 15) is 0 Å². The average Bonchev–Trinajstić information content (AvgIpc) is 1.99. The second kappa shape index (κ2) is 8.13. The molecule has 0 amide bonds. The highest BCUT2D eigenvalue weighted by atomic mass is 35.5. The fraction of sp³-hybridized carbons (Fsp3) is 0.800. The third kappa shape index (κ3) is 7.93. The molecular weight excluding hydrogens is 156 g/mol. The van der Waals surface area contributed by atoms with Crippen molar-refractivity contribution in [1.29, 1.82) is 0 Å². The van der Waals surface area contributed by atoms with Crippen LogP contribution in [0.5, 0.6) is 0 Å². The molecular formula is C10H19Cl. The predicted octanol–water partition coefficient (Wildman–Crippen LogP) is 4.14. The van der Waals surface area contributed by atoms with Gasteiger partial charge in [0.15, 0.2) is 0 Å². The zero-order valence-electron chi connectivity index (χ0n) is 7.65. The highest BCUT2D eigenvalue weighted by Gasteiger charge is 1.97. The van der Waals surface area contributed by atoms with Gasteiger partial charge in [0, 0.05) is 0 Å². The van der Waals surface area contributed by atoms with Crippen molar-refractivity contribution in [3.8, 4) is 0 Å². The summed E-state index contributed by atoms with van der Waals surface area (Å²) in [4.78, 5) is 0. The number of hydrogen-bond acceptors (Lipinski definition) is 0. The summed E-state index contributed by atoms with van der Waals surface area (Å²) in [6.07, 6.45) is 10.5. The summed E-state index contributed by atoms with van der Waals surface area (Å²) in [5, 5.41) is 0.261. The molecule has 11 heavy (non-hydrogen) atoms. The topological polar surface area (TPSA) is 0 Å². The monoisotopic (exact) mass is 174 g/mol. The fourth-order valence-electron chi connectivity index (χ4n) is 1.07. The molecule has 0 aromatic carbocycles. The summed E-state index contributed by atoms with van der Waals surface area (Å²) in [6, 6.07) is 0. The number of allylic oxidation sites excluding steroid dienone is 2. The average molecular weight is 175 g/mol. The van der Waals surface area contributed by atoms with Crippen molar-refractivity contribution in [1.82, 2.24) is 0 Å². The van der Waals surface area contributed by atoms with Gasteiger partial charge in [-0.1, -0.05) is 44.8 Å². The van der Waals surface area contributed by atoms with Crippen LogP contribution in [0, 0.1) is 0 Å². The van der Waals surface area contributed by atoms with Crippen LogP contribution in [0.1, 0.15) is 46.0 Å². The van der Waals surface area contributed by atoms with Crippen molar-refractivity contribution >= 4 is 11.6 Å². The third-order valence-corrected chi connectivity index (χ3v) is 2.10. The Morgan fingerprint density at radius 2 is 2.00 bits per heavy atom. The maximum Gasteiger partial charge on any atom is 0.0515 e. The van der Waals surface area contributed by atoms with Crippen molar-refractivity contribution in [2.24, 2.45) is 0 Å². The van der Waals surface area contributed by atoms with E-state index in [-0.39, 0.29) is 5.38 Å². The molecule has 0 aromatic heterocycles. The van der Waals surface area contributed by atoms with Gasteiger partial charge in [-0.15, -0.1) is 11.6 Å². The van der Waals surface area contributed by atoms with Crippen molar-refractivity contribution in [3.63, 3.8) is 0 Å². The van der Waals surface area contributed by atoms with Crippen molar-refractivity contribution < 1.29 is 0 Å². The lowest BCUT2D eigenvalue weighted by Crippen LogP contribution is -1.92. The molecule has 1 heteroatoms. The van der Waals surface area contributed by atoms with Gasteiger partial charge < -0.3 is 0 Å². The summed E-state index contributed by atoms with van der Waals surface area (Å²) < 4.78 is 0. The van der Waals surface area contributed by atoms with Crippen LogP contribution in [0.25, 0.3) is 0 Å². The zero-order chi connectivity index (χ0) is 8.53. The fourth-order valence-corrected chi connectivity index (χ4v) is 1.37. The molecule has 0 radical (unpaired) electrons. The van der Waals surface area contributed by atoms with Crippen LogP contribution in [0.2, 0.25) is 0 Å². The predicted molar refractivity (Wildman–Crippen MR) is 53.2 cm³/mol. The van der Waals surface area contributed by atoms with Crippen molar-refractivity contribution in [3.05, 3.63) is 12.2 Å². The molecule has 0 saturated carbocycles. The Balaban J connectivity index is 3.10. The van der Waals surface area contributed by atoms with E-state index in [4.69, 9.17) is 11.6 Å². The van der Waals surface area contributed by atoms with Gasteiger partial charge in [-0.3, -0.25) is 0 Å². The van der Waals surface area contributed by atoms with Gasteiger partial charge in [0.1, 0.15) is 0 Å². The Morgan fingerprint density at radius 3 is 2.55 bits per heavy atom. The van der Waals surface area contributed by atoms with Gasteiger partial charge in [0.05, 0.1) is 5.38 Å². The molecule has 0 rings (SSSR count). The summed E-state index contributed by atoms with van der Waals surface area (Å²) in [6.45, 7) is 4.24. The first-order chi connectivity index (χ1) is 5.31. The Morgan fingerprint density at radius 1 is 1.27 bits per heavy atom. The molecule has 0 heterocycles. The molecule has 0 nitrogen and oxygen atoms in total. The van der Waals surface area contributed by atoms with Crippen LogP contribution >= 0.6 is 11.6 Å². The first kappa shape index (κ1) is 11.0. The van der Waals surface area contributed by atoms with Gasteiger partial charge in [-0.2, -0.15) is 0 Å². The second-order valence-electron chi connectivity index (χ2n) is 2.89. The van der Waals surface area contributed by atoms with Crippen LogP contribution < -0.4 is 0 Å². The Labute approximate surface area is 75.6 Å². The lowest BCUT2D eigenvalue weighted by atomic mass is 10.1. The molecule has 1 unspecified atom stereocenters. The Hall–Kier alpha value is 0.0300. The molecule has 66 valence electrons. The van der Waals surface area contributed by atoms with Crippen LogP contribution in [-0.4, -0.2) is 5.38 Å². The standard InChI is InChI=1S/C10H19Cl/c1-3-5-6-7-9-10(11)8-4-2/h4,8,10H,3,5-7,9H2,1-2H3/b8-4+. The second-order valence-corrected chi connectivity index (χ2v) is 3.45. The highest BCUT2D eigenvalue weighted by Crippen LogP contribution is 2.10. The summed E-state index contributed by atoms with van der Waals surface area (Å²) in [5.74, 6) is 0. The molecule has 0 N–H and O–H groups in total. The minimum absolute atomic E-state index is 0.261. The molecule has 0 fully saturated rings. The summed E-state index contributed by atoms with van der Waals surface area (Å²) in [5.41, 5.74) is 0. The molecule has 0 spiro atoms. The molecule has 0 aliphatic carbocycles. The maximum absolute atomic E-state index is 5.97. The van der Waals surface area contributed by atoms with Gasteiger partial charge in [0.2, 0.25) is 0 Å². The number of hydrogen-bond donors (Lipinski definition) is 0. The normalized spacial score (nSPS) is 14.1. The van der Waals surface area contributed by atoms with Gasteiger partial charge in [-0.25, -0.2) is 0 Å².